The van der Waals surface area contributed by atoms with E-state index in [2.05, 4.69) is 18.2 Å². The van der Waals surface area contributed by atoms with Gasteiger partial charge in [0.05, 0.1) is 18.0 Å². The summed E-state index contributed by atoms with van der Waals surface area (Å²) in [5.74, 6) is -0.553. The van der Waals surface area contributed by atoms with Crippen molar-refractivity contribution in [1.82, 2.24) is 4.57 Å². The van der Waals surface area contributed by atoms with Crippen LogP contribution in [0.1, 0.15) is 46.1 Å². The van der Waals surface area contributed by atoms with E-state index in [1.165, 1.54) is 16.6 Å². The highest BCUT2D eigenvalue weighted by Crippen LogP contribution is 2.45. The summed E-state index contributed by atoms with van der Waals surface area (Å²) in [5, 5.41) is 9.85. The molecule has 5 nitrogen and oxygen atoms in total. The minimum Gasteiger partial charge on any atom is -0.494 e. The van der Waals surface area contributed by atoms with E-state index in [0.717, 1.165) is 36.1 Å². The van der Waals surface area contributed by atoms with E-state index < -0.39 is 11.4 Å². The Morgan fingerprint density at radius 1 is 1.32 bits per heavy atom. The highest BCUT2D eigenvalue weighted by Gasteiger charge is 2.29. The maximum atomic E-state index is 12.8. The van der Waals surface area contributed by atoms with Crippen molar-refractivity contribution in [2.75, 3.05) is 7.11 Å². The molecule has 0 bridgehead atoms. The molecule has 28 heavy (non-hydrogen) atoms. The van der Waals surface area contributed by atoms with E-state index in [9.17, 15) is 14.7 Å². The Morgan fingerprint density at radius 2 is 2.14 bits per heavy atom. The summed E-state index contributed by atoms with van der Waals surface area (Å²) in [5.41, 5.74) is 2.23. The molecule has 1 aromatic carbocycles. The second kappa shape index (κ2) is 6.34. The van der Waals surface area contributed by atoms with Gasteiger partial charge in [0.25, 0.3) is 0 Å². The molecule has 5 rings (SSSR count). The van der Waals surface area contributed by atoms with Gasteiger partial charge in [-0.2, -0.15) is 0 Å². The first-order valence-corrected chi connectivity index (χ1v) is 10.2. The summed E-state index contributed by atoms with van der Waals surface area (Å²) < 4.78 is 7.73. The number of benzene rings is 1. The largest absolute Gasteiger partial charge is 0.494 e. The summed E-state index contributed by atoms with van der Waals surface area (Å²) in [6, 6.07) is 6.01. The third kappa shape index (κ3) is 2.59. The molecule has 0 atom stereocenters. The van der Waals surface area contributed by atoms with E-state index in [1.54, 1.807) is 24.5 Å². The standard InChI is InChI=1S/C22H19NO4S/c1-27-21-14(18-10-12-4-2-3-5-17(12)28-18)8-9-15-19(21)23(13-6-7-13)11-16(20(15)24)22(25)26/h2,4,8-11,13H,3,5-7H2,1H3,(H,25,26). The molecule has 2 heterocycles. The zero-order valence-corrected chi connectivity index (χ0v) is 16.2. The number of carbonyl (C=O) groups is 1. The van der Waals surface area contributed by atoms with Gasteiger partial charge in [-0.25, -0.2) is 4.79 Å². The number of allylic oxidation sites excluding steroid dienone is 1. The molecule has 0 saturated heterocycles. The molecule has 0 radical (unpaired) electrons. The van der Waals surface area contributed by atoms with Gasteiger partial charge < -0.3 is 14.4 Å². The molecule has 1 saturated carbocycles. The molecular weight excluding hydrogens is 374 g/mol. The fourth-order valence-electron chi connectivity index (χ4n) is 3.95. The Morgan fingerprint density at radius 3 is 2.82 bits per heavy atom. The van der Waals surface area contributed by atoms with Crippen molar-refractivity contribution in [3.8, 4) is 16.2 Å². The van der Waals surface area contributed by atoms with E-state index in [-0.39, 0.29) is 11.6 Å². The first kappa shape index (κ1) is 17.3. The predicted octanol–water partition coefficient (Wildman–Crippen LogP) is 4.73. The van der Waals surface area contributed by atoms with E-state index in [1.807, 2.05) is 10.6 Å². The van der Waals surface area contributed by atoms with E-state index in [4.69, 9.17) is 4.74 Å². The quantitative estimate of drug-likeness (QED) is 0.696. The third-order valence-electron chi connectivity index (χ3n) is 5.46. The number of methoxy groups -OCH3 is 1. The highest BCUT2D eigenvalue weighted by atomic mass is 32.1. The summed E-state index contributed by atoms with van der Waals surface area (Å²) in [7, 11) is 1.61. The zero-order chi connectivity index (χ0) is 19.4. The molecular formula is C22H19NO4S. The van der Waals surface area contributed by atoms with Gasteiger partial charge in [-0.15, -0.1) is 11.3 Å². The molecule has 2 aliphatic carbocycles. The van der Waals surface area contributed by atoms with Gasteiger partial charge in [0.1, 0.15) is 5.56 Å². The van der Waals surface area contributed by atoms with Crippen molar-refractivity contribution >= 4 is 34.3 Å². The van der Waals surface area contributed by atoms with Crippen molar-refractivity contribution in [1.29, 1.82) is 0 Å². The molecule has 1 N–H and O–H groups in total. The number of nitrogens with zero attached hydrogens (tertiary/aromatic N) is 1. The number of fused-ring (bicyclic) bond motifs is 2. The topological polar surface area (TPSA) is 68.5 Å². The summed E-state index contributed by atoms with van der Waals surface area (Å²) in [4.78, 5) is 26.8. The number of hydrogen-bond donors (Lipinski definition) is 1. The minimum absolute atomic E-state index is 0.189. The Bertz CT molecular complexity index is 1210. The van der Waals surface area contributed by atoms with Crippen LogP contribution in [0.15, 0.2) is 35.3 Å². The van der Waals surface area contributed by atoms with Crippen LogP contribution in [0.5, 0.6) is 5.75 Å². The monoisotopic (exact) mass is 393 g/mol. The number of thiophene rings is 1. The molecule has 0 spiro atoms. The average Bonchev–Trinajstić information content (AvgIpc) is 3.45. The van der Waals surface area contributed by atoms with Gasteiger partial charge in [0, 0.05) is 27.6 Å². The van der Waals surface area contributed by atoms with Crippen LogP contribution < -0.4 is 10.2 Å². The number of carboxylic acids is 1. The van der Waals surface area contributed by atoms with Crippen LogP contribution in [0.4, 0.5) is 0 Å². The number of pyridine rings is 1. The van der Waals surface area contributed by atoms with Crippen molar-refractivity contribution < 1.29 is 14.6 Å². The van der Waals surface area contributed by atoms with Crippen molar-refractivity contribution in [3.63, 3.8) is 0 Å². The van der Waals surface area contributed by atoms with Gasteiger partial charge in [0.2, 0.25) is 5.43 Å². The average molecular weight is 393 g/mol. The normalized spacial score (nSPS) is 15.6. The molecule has 6 heteroatoms. The smallest absolute Gasteiger partial charge is 0.341 e. The second-order valence-electron chi connectivity index (χ2n) is 7.29. The number of aryl methyl sites for hydroxylation is 1. The maximum Gasteiger partial charge on any atom is 0.341 e. The molecule has 3 aromatic rings. The second-order valence-corrected chi connectivity index (χ2v) is 8.42. The number of aromatic nitrogens is 1. The lowest BCUT2D eigenvalue weighted by molar-refractivity contribution is 0.0695. The number of carboxylic acid groups (broad SMARTS) is 1. The van der Waals surface area contributed by atoms with Gasteiger partial charge >= 0.3 is 5.97 Å². The Balaban J connectivity index is 1.81. The summed E-state index contributed by atoms with van der Waals surface area (Å²) in [6.07, 6.45) is 9.88. The lowest BCUT2D eigenvalue weighted by Crippen LogP contribution is -2.19. The number of ether oxygens (including phenoxy) is 1. The van der Waals surface area contributed by atoms with Crippen molar-refractivity contribution in [2.45, 2.75) is 31.7 Å². The van der Waals surface area contributed by atoms with Crippen molar-refractivity contribution in [3.05, 3.63) is 56.7 Å². The first-order valence-electron chi connectivity index (χ1n) is 9.37. The molecule has 1 fully saturated rings. The Labute approximate surface area is 165 Å². The summed E-state index contributed by atoms with van der Waals surface area (Å²) in [6.45, 7) is 0. The lowest BCUT2D eigenvalue weighted by atomic mass is 10.0. The van der Waals surface area contributed by atoms with Gasteiger partial charge in [-0.05, 0) is 49.4 Å². The first-order chi connectivity index (χ1) is 13.6. The van der Waals surface area contributed by atoms with Crippen LogP contribution >= 0.6 is 11.3 Å². The van der Waals surface area contributed by atoms with Crippen LogP contribution in [0, 0.1) is 0 Å². The fourth-order valence-corrected chi connectivity index (χ4v) is 5.14. The van der Waals surface area contributed by atoms with Gasteiger partial charge in [0.15, 0.2) is 5.75 Å². The number of hydrogen-bond acceptors (Lipinski definition) is 4. The van der Waals surface area contributed by atoms with Crippen LogP contribution in [-0.4, -0.2) is 22.8 Å². The van der Waals surface area contributed by atoms with Crippen LogP contribution in [0.25, 0.3) is 27.4 Å². The molecule has 2 aromatic heterocycles. The van der Waals surface area contributed by atoms with Crippen LogP contribution in [-0.2, 0) is 6.42 Å². The fraction of sp³-hybridized carbons (Fsp3) is 0.273. The Hall–Kier alpha value is -2.86. The number of aromatic carboxylic acids is 1. The van der Waals surface area contributed by atoms with Crippen LogP contribution in [0.3, 0.4) is 0 Å². The number of rotatable bonds is 4. The van der Waals surface area contributed by atoms with Gasteiger partial charge in [-0.3, -0.25) is 4.79 Å². The maximum absolute atomic E-state index is 12.8. The van der Waals surface area contributed by atoms with E-state index >= 15 is 0 Å². The molecule has 0 unspecified atom stereocenters. The molecule has 142 valence electrons. The SMILES string of the molecule is COc1c(-c2cc3c(s2)CCC=C3)ccc2c(=O)c(C(=O)O)cn(C3CC3)c12. The van der Waals surface area contributed by atoms with E-state index in [0.29, 0.717) is 16.7 Å². The van der Waals surface area contributed by atoms with Crippen molar-refractivity contribution in [2.24, 2.45) is 0 Å². The zero-order valence-electron chi connectivity index (χ0n) is 15.4. The minimum atomic E-state index is -1.19. The highest BCUT2D eigenvalue weighted by molar-refractivity contribution is 7.15. The molecule has 2 aliphatic rings. The predicted molar refractivity (Wildman–Crippen MR) is 111 cm³/mol. The lowest BCUT2D eigenvalue weighted by Gasteiger charge is -2.17. The van der Waals surface area contributed by atoms with Crippen LogP contribution in [0.2, 0.25) is 0 Å². The third-order valence-corrected chi connectivity index (χ3v) is 6.71. The molecule has 0 aliphatic heterocycles. The Kier molecular flexibility index (Phi) is 3.91. The van der Waals surface area contributed by atoms with Gasteiger partial charge in [-0.1, -0.05) is 12.2 Å². The molecule has 0 amide bonds. The summed E-state index contributed by atoms with van der Waals surface area (Å²) >= 11 is 1.76.